The Hall–Kier alpha value is -1.90. The molecule has 0 aliphatic rings. The normalized spacial score (nSPS) is 12.4. The minimum atomic E-state index is -0.194. The lowest BCUT2D eigenvalue weighted by Gasteiger charge is -2.09. The van der Waals surface area contributed by atoms with Gasteiger partial charge in [0.25, 0.3) is 0 Å². The highest BCUT2D eigenvalue weighted by Crippen LogP contribution is 2.26. The summed E-state index contributed by atoms with van der Waals surface area (Å²) in [6.45, 7) is 2.57. The third-order valence-electron chi connectivity index (χ3n) is 3.06. The van der Waals surface area contributed by atoms with Crippen LogP contribution in [0.3, 0.4) is 0 Å². The van der Waals surface area contributed by atoms with Crippen molar-refractivity contribution in [1.29, 1.82) is 5.26 Å². The van der Waals surface area contributed by atoms with Gasteiger partial charge in [0.05, 0.1) is 40.1 Å². The number of rotatable bonds is 3. The van der Waals surface area contributed by atoms with Gasteiger partial charge in [-0.3, -0.25) is 4.98 Å². The second kappa shape index (κ2) is 5.23. The Morgan fingerprint density at radius 2 is 2.35 bits per heavy atom. The molecule has 4 nitrogen and oxygen atoms in total. The summed E-state index contributed by atoms with van der Waals surface area (Å²) >= 11 is 7.83. The van der Waals surface area contributed by atoms with Crippen LogP contribution in [-0.4, -0.2) is 14.5 Å². The monoisotopic (exact) mass is 302 g/mol. The van der Waals surface area contributed by atoms with Crippen molar-refractivity contribution in [2.45, 2.75) is 18.8 Å². The molecule has 0 amide bonds. The topological polar surface area (TPSA) is 54.5 Å². The molecular weight excluding hydrogens is 292 g/mol. The molecule has 0 saturated heterocycles. The van der Waals surface area contributed by atoms with Gasteiger partial charge in [0, 0.05) is 11.1 Å². The van der Waals surface area contributed by atoms with E-state index in [-0.39, 0.29) is 5.38 Å². The van der Waals surface area contributed by atoms with Gasteiger partial charge < -0.3 is 4.57 Å². The van der Waals surface area contributed by atoms with E-state index in [1.807, 2.05) is 25.3 Å². The Labute approximate surface area is 125 Å². The number of nitrogens with zero attached hydrogens (tertiary/aromatic N) is 4. The van der Waals surface area contributed by atoms with E-state index in [1.54, 1.807) is 22.9 Å². The number of thiazole rings is 1. The van der Waals surface area contributed by atoms with E-state index in [0.29, 0.717) is 12.1 Å². The highest BCUT2D eigenvalue weighted by Gasteiger charge is 2.16. The Bertz CT molecular complexity index is 783. The third kappa shape index (κ3) is 2.28. The first-order valence-corrected chi connectivity index (χ1v) is 7.42. The molecule has 2 aromatic heterocycles. The summed E-state index contributed by atoms with van der Waals surface area (Å²) in [7, 11) is 0. The lowest BCUT2D eigenvalue weighted by atomic mass is 10.2. The summed E-state index contributed by atoms with van der Waals surface area (Å²) in [5.41, 5.74) is 4.21. The average molecular weight is 303 g/mol. The minimum Gasteiger partial charge on any atom is -0.321 e. The highest BCUT2D eigenvalue weighted by molar-refractivity contribution is 7.09. The van der Waals surface area contributed by atoms with Crippen LogP contribution in [0.25, 0.3) is 11.0 Å². The maximum atomic E-state index is 9.05. The Kier molecular flexibility index (Phi) is 3.43. The van der Waals surface area contributed by atoms with Crippen molar-refractivity contribution in [2.24, 2.45) is 0 Å². The van der Waals surface area contributed by atoms with Crippen LogP contribution in [0.2, 0.25) is 0 Å². The molecule has 0 radical (unpaired) electrons. The van der Waals surface area contributed by atoms with Crippen LogP contribution >= 0.6 is 22.9 Å². The van der Waals surface area contributed by atoms with Gasteiger partial charge in [-0.05, 0) is 25.1 Å². The lowest BCUT2D eigenvalue weighted by Crippen LogP contribution is -2.04. The number of alkyl halides is 1. The summed E-state index contributed by atoms with van der Waals surface area (Å²) in [6.07, 6.45) is 1.84. The Morgan fingerprint density at radius 3 is 3.00 bits per heavy atom. The van der Waals surface area contributed by atoms with Gasteiger partial charge in [-0.25, -0.2) is 4.98 Å². The number of imidazole rings is 1. The first kappa shape index (κ1) is 13.1. The number of halogens is 1. The van der Waals surface area contributed by atoms with E-state index in [2.05, 4.69) is 20.6 Å². The number of aromatic nitrogens is 3. The molecule has 0 fully saturated rings. The van der Waals surface area contributed by atoms with Crippen LogP contribution in [0.15, 0.2) is 29.9 Å². The molecule has 1 unspecified atom stereocenters. The fourth-order valence-electron chi connectivity index (χ4n) is 2.16. The van der Waals surface area contributed by atoms with E-state index in [4.69, 9.17) is 16.9 Å². The summed E-state index contributed by atoms with van der Waals surface area (Å²) in [4.78, 5) is 9.79. The molecule has 0 saturated carbocycles. The molecule has 2 heterocycles. The summed E-state index contributed by atoms with van der Waals surface area (Å²) < 4.78 is 2.06. The molecule has 0 bridgehead atoms. The molecule has 100 valence electrons. The summed E-state index contributed by atoms with van der Waals surface area (Å²) in [5, 5.41) is 8.85. The third-order valence-corrected chi connectivity index (χ3v) is 4.02. The zero-order chi connectivity index (χ0) is 14.1. The van der Waals surface area contributed by atoms with E-state index in [1.165, 1.54) is 0 Å². The van der Waals surface area contributed by atoms with Gasteiger partial charge in [0.15, 0.2) is 0 Å². The molecule has 6 heteroatoms. The smallest absolute Gasteiger partial charge is 0.128 e. The number of hydrogen-bond acceptors (Lipinski definition) is 4. The molecule has 20 heavy (non-hydrogen) atoms. The minimum absolute atomic E-state index is 0.194. The van der Waals surface area contributed by atoms with Crippen LogP contribution < -0.4 is 0 Å². The second-order valence-electron chi connectivity index (χ2n) is 4.46. The van der Waals surface area contributed by atoms with Gasteiger partial charge in [-0.1, -0.05) is 0 Å². The van der Waals surface area contributed by atoms with Crippen molar-refractivity contribution < 1.29 is 0 Å². The fraction of sp³-hybridized carbons (Fsp3) is 0.214. The van der Waals surface area contributed by atoms with Crippen LogP contribution in [0.1, 0.15) is 28.6 Å². The second-order valence-corrected chi connectivity index (χ2v) is 6.08. The number of nitriles is 1. The average Bonchev–Trinajstić information content (AvgIpc) is 3.07. The van der Waals surface area contributed by atoms with Gasteiger partial charge in [-0.2, -0.15) is 5.26 Å². The lowest BCUT2D eigenvalue weighted by molar-refractivity contribution is 0.749. The molecule has 3 rings (SSSR count). The summed E-state index contributed by atoms with van der Waals surface area (Å²) in [6, 6.07) is 7.65. The maximum absolute atomic E-state index is 9.05. The quantitative estimate of drug-likeness (QED) is 0.693. The van der Waals surface area contributed by atoms with Crippen LogP contribution in [0.5, 0.6) is 0 Å². The van der Waals surface area contributed by atoms with Crippen molar-refractivity contribution >= 4 is 34.0 Å². The van der Waals surface area contributed by atoms with Crippen molar-refractivity contribution in [1.82, 2.24) is 14.5 Å². The van der Waals surface area contributed by atoms with Crippen LogP contribution in [-0.2, 0) is 6.54 Å². The zero-order valence-corrected chi connectivity index (χ0v) is 12.3. The molecule has 0 aliphatic carbocycles. The predicted molar refractivity (Wildman–Crippen MR) is 79.9 cm³/mol. The molecule has 1 atom stereocenters. The largest absolute Gasteiger partial charge is 0.321 e. The molecule has 0 aliphatic heterocycles. The van der Waals surface area contributed by atoms with Gasteiger partial charge in [-0.15, -0.1) is 22.9 Å². The predicted octanol–water partition coefficient (Wildman–Crippen LogP) is 3.71. The summed E-state index contributed by atoms with van der Waals surface area (Å²) in [5.74, 6) is 0.810. The molecule has 0 N–H and O–H groups in total. The van der Waals surface area contributed by atoms with Gasteiger partial charge >= 0.3 is 0 Å². The van der Waals surface area contributed by atoms with Crippen molar-refractivity contribution in [3.8, 4) is 6.07 Å². The van der Waals surface area contributed by atoms with Crippen molar-refractivity contribution in [2.75, 3.05) is 0 Å². The molecule has 3 aromatic rings. The first-order chi connectivity index (χ1) is 9.69. The standard InChI is InChI=1S/C14H11ClN4S/c1-9(15)14-18-12-3-2-10(5-16)4-13(12)19(14)7-11-6-17-8-20-11/h2-4,6,8-9H,7H2,1H3. The number of fused-ring (bicyclic) bond motifs is 1. The Morgan fingerprint density at radius 1 is 1.50 bits per heavy atom. The SMILES string of the molecule is CC(Cl)c1nc2ccc(C#N)cc2n1Cc1cncs1. The van der Waals surface area contributed by atoms with E-state index < -0.39 is 0 Å². The first-order valence-electron chi connectivity index (χ1n) is 6.10. The van der Waals surface area contributed by atoms with Crippen molar-refractivity contribution in [3.05, 3.63) is 46.2 Å². The van der Waals surface area contributed by atoms with Crippen molar-refractivity contribution in [3.63, 3.8) is 0 Å². The zero-order valence-electron chi connectivity index (χ0n) is 10.7. The van der Waals surface area contributed by atoms with Crippen LogP contribution in [0.4, 0.5) is 0 Å². The van der Waals surface area contributed by atoms with E-state index in [0.717, 1.165) is 21.7 Å². The van der Waals surface area contributed by atoms with E-state index >= 15 is 0 Å². The molecular formula is C14H11ClN4S. The fourth-order valence-corrected chi connectivity index (χ4v) is 2.91. The van der Waals surface area contributed by atoms with Crippen LogP contribution in [0, 0.1) is 11.3 Å². The molecule has 1 aromatic carbocycles. The molecule has 0 spiro atoms. The number of benzene rings is 1. The maximum Gasteiger partial charge on any atom is 0.128 e. The highest BCUT2D eigenvalue weighted by atomic mass is 35.5. The van der Waals surface area contributed by atoms with Gasteiger partial charge in [0.1, 0.15) is 5.82 Å². The number of hydrogen-bond donors (Lipinski definition) is 0. The Balaban J connectivity index is 2.19. The van der Waals surface area contributed by atoms with Gasteiger partial charge in [0.2, 0.25) is 0 Å². The van der Waals surface area contributed by atoms with E-state index in [9.17, 15) is 0 Å².